The van der Waals surface area contributed by atoms with E-state index in [1.807, 2.05) is 0 Å². The fourth-order valence-corrected chi connectivity index (χ4v) is 3.83. The van der Waals surface area contributed by atoms with Crippen molar-refractivity contribution in [2.24, 2.45) is 0 Å². The largest absolute Gasteiger partial charge is 0.504 e. The van der Waals surface area contributed by atoms with Gasteiger partial charge in [-0.25, -0.2) is 4.98 Å². The van der Waals surface area contributed by atoms with Gasteiger partial charge in [0, 0.05) is 11.9 Å². The van der Waals surface area contributed by atoms with Gasteiger partial charge in [0.05, 0.1) is 12.6 Å². The topological polar surface area (TPSA) is 262 Å². The maximum absolute atomic E-state index is 12.4. The fraction of sp³-hybridized carbons (Fsp3) is 0.238. The Bertz CT molecular complexity index is 1220. The number of aliphatic hydroxyl groups excluding tert-OH is 1. The number of hydrogen-bond acceptors (Lipinski definition) is 14. The highest BCUT2D eigenvalue weighted by Crippen LogP contribution is 2.53. The standard InChI is InChI=1S/C21H24N4O10S/c22-19-24-11(7-36-19)21(34,35)18(31)25-13-16(29)14(27)12(15(28)17(13)30)20(32,33)8-23-6-10(26)9-4-2-1-3-5-9/h1-5,7,10,23,26-30,32-35H,6,8H2,(H2,22,24)(H,25,31). The first-order valence-electron chi connectivity index (χ1n) is 10.1. The minimum absolute atomic E-state index is 0.0947. The van der Waals surface area contributed by atoms with E-state index in [1.165, 1.54) is 0 Å². The van der Waals surface area contributed by atoms with Crippen molar-refractivity contribution in [3.8, 4) is 23.0 Å². The van der Waals surface area contributed by atoms with Gasteiger partial charge in [-0.15, -0.1) is 11.3 Å². The van der Waals surface area contributed by atoms with E-state index in [2.05, 4.69) is 10.3 Å². The Hall–Kier alpha value is -3.70. The van der Waals surface area contributed by atoms with E-state index < -0.39 is 70.1 Å². The van der Waals surface area contributed by atoms with Crippen molar-refractivity contribution in [2.75, 3.05) is 24.1 Å². The second kappa shape index (κ2) is 10.1. The highest BCUT2D eigenvalue weighted by atomic mass is 32.1. The van der Waals surface area contributed by atoms with E-state index in [0.29, 0.717) is 5.56 Å². The summed E-state index contributed by atoms with van der Waals surface area (Å²) in [5.74, 6) is -13.4. The van der Waals surface area contributed by atoms with Gasteiger partial charge in [0.15, 0.2) is 28.1 Å². The molecule has 14 nitrogen and oxygen atoms in total. The van der Waals surface area contributed by atoms with E-state index in [-0.39, 0.29) is 11.7 Å². The molecule has 3 rings (SSSR count). The van der Waals surface area contributed by atoms with Crippen molar-refractivity contribution in [3.05, 3.63) is 52.5 Å². The number of aromatic nitrogens is 1. The van der Waals surface area contributed by atoms with Crippen LogP contribution in [0, 0.1) is 0 Å². The molecule has 1 aromatic heterocycles. The van der Waals surface area contributed by atoms with Crippen LogP contribution in [-0.4, -0.2) is 69.9 Å². The van der Waals surface area contributed by atoms with Crippen molar-refractivity contribution < 1.29 is 50.8 Å². The Morgan fingerprint density at radius 1 is 1.00 bits per heavy atom. The molecule has 3 aromatic rings. The summed E-state index contributed by atoms with van der Waals surface area (Å²) >= 11 is 0.788. The Kier molecular flexibility index (Phi) is 7.56. The number of nitrogens with one attached hydrogen (secondary N) is 2. The molecule has 1 amide bonds. The third kappa shape index (κ3) is 5.26. The zero-order valence-corrected chi connectivity index (χ0v) is 19.1. The monoisotopic (exact) mass is 524 g/mol. The first-order valence-corrected chi connectivity index (χ1v) is 11.0. The Labute approximate surface area is 206 Å². The van der Waals surface area contributed by atoms with Gasteiger partial charge >= 0.3 is 0 Å². The molecule has 36 heavy (non-hydrogen) atoms. The van der Waals surface area contributed by atoms with Crippen LogP contribution in [0.25, 0.3) is 0 Å². The van der Waals surface area contributed by atoms with E-state index in [1.54, 1.807) is 35.6 Å². The molecule has 13 N–H and O–H groups in total. The second-order valence-electron chi connectivity index (χ2n) is 7.72. The van der Waals surface area contributed by atoms with Gasteiger partial charge in [-0.05, 0) is 5.56 Å². The number of benzene rings is 2. The number of aromatic hydroxyl groups is 4. The molecule has 0 saturated heterocycles. The van der Waals surface area contributed by atoms with E-state index >= 15 is 0 Å². The first-order chi connectivity index (χ1) is 16.8. The average molecular weight is 525 g/mol. The van der Waals surface area contributed by atoms with Crippen LogP contribution >= 0.6 is 11.3 Å². The van der Waals surface area contributed by atoms with Gasteiger partial charge in [-0.1, -0.05) is 30.3 Å². The quantitative estimate of drug-likeness (QED) is 0.0891. The number of hydrogen-bond donors (Lipinski definition) is 12. The highest BCUT2D eigenvalue weighted by Gasteiger charge is 2.42. The molecular formula is C21H24N4O10S. The van der Waals surface area contributed by atoms with Gasteiger partial charge < -0.3 is 62.3 Å². The molecule has 0 aliphatic heterocycles. The molecule has 194 valence electrons. The van der Waals surface area contributed by atoms with Gasteiger partial charge in [0.1, 0.15) is 16.9 Å². The summed E-state index contributed by atoms with van der Waals surface area (Å²) in [7, 11) is 0. The Morgan fingerprint density at radius 2 is 1.58 bits per heavy atom. The Balaban J connectivity index is 1.82. The third-order valence-corrected chi connectivity index (χ3v) is 5.80. The van der Waals surface area contributed by atoms with Crippen LogP contribution in [0.3, 0.4) is 0 Å². The minimum atomic E-state index is -3.29. The fourth-order valence-electron chi connectivity index (χ4n) is 3.22. The van der Waals surface area contributed by atoms with Gasteiger partial charge in [0.25, 0.3) is 11.7 Å². The van der Waals surface area contributed by atoms with Gasteiger partial charge in [0.2, 0.25) is 5.79 Å². The molecule has 1 heterocycles. The lowest BCUT2D eigenvalue weighted by Crippen LogP contribution is -2.41. The van der Waals surface area contributed by atoms with Crippen molar-refractivity contribution in [3.63, 3.8) is 0 Å². The van der Waals surface area contributed by atoms with Crippen molar-refractivity contribution in [1.29, 1.82) is 0 Å². The summed E-state index contributed by atoms with van der Waals surface area (Å²) in [5, 5.41) is 97.6. The molecular weight excluding hydrogens is 500 g/mol. The number of carbonyl (C=O) groups excluding carboxylic acids is 1. The molecule has 1 unspecified atom stereocenters. The lowest BCUT2D eigenvalue weighted by atomic mass is 10.00. The van der Waals surface area contributed by atoms with Crippen molar-refractivity contribution in [2.45, 2.75) is 17.7 Å². The number of rotatable bonds is 9. The zero-order valence-electron chi connectivity index (χ0n) is 18.3. The number of phenols is 4. The van der Waals surface area contributed by atoms with Crippen LogP contribution in [-0.2, 0) is 16.4 Å². The van der Waals surface area contributed by atoms with Crippen LogP contribution in [0.2, 0.25) is 0 Å². The van der Waals surface area contributed by atoms with Crippen molar-refractivity contribution in [1.82, 2.24) is 10.3 Å². The number of nitrogens with zero attached hydrogens (tertiary/aromatic N) is 1. The van der Waals surface area contributed by atoms with E-state index in [4.69, 9.17) is 5.73 Å². The number of aliphatic hydroxyl groups is 5. The molecule has 0 aliphatic rings. The predicted octanol–water partition coefficient (Wildman–Crippen LogP) is -1.22. The van der Waals surface area contributed by atoms with E-state index in [9.17, 15) is 50.8 Å². The summed E-state index contributed by atoms with van der Waals surface area (Å²) in [5.41, 5.74) is 3.13. The number of amides is 1. The molecule has 0 saturated carbocycles. The first kappa shape index (κ1) is 26.9. The zero-order chi connectivity index (χ0) is 26.8. The van der Waals surface area contributed by atoms with Crippen LogP contribution in [0.1, 0.15) is 22.9 Å². The number of phenolic OH excluding ortho intramolecular Hbond substituents is 4. The van der Waals surface area contributed by atoms with Gasteiger partial charge in [-0.2, -0.15) is 0 Å². The SMILES string of the molecule is Nc1nc(C(O)(O)C(=O)Nc2c(O)c(O)c(C(O)(O)CNCC(O)c3ccccc3)c(O)c2O)cs1. The molecule has 0 radical (unpaired) electrons. The van der Waals surface area contributed by atoms with Crippen molar-refractivity contribution >= 4 is 28.1 Å². The summed E-state index contributed by atoms with van der Waals surface area (Å²) < 4.78 is 0. The number of nitrogen functional groups attached to an aromatic ring is 1. The summed E-state index contributed by atoms with van der Waals surface area (Å²) in [6, 6.07) is 8.38. The summed E-state index contributed by atoms with van der Waals surface area (Å²) in [6.07, 6.45) is -1.05. The lowest BCUT2D eigenvalue weighted by Gasteiger charge is -2.27. The van der Waals surface area contributed by atoms with Crippen LogP contribution < -0.4 is 16.4 Å². The molecule has 0 spiro atoms. The molecule has 2 aromatic carbocycles. The van der Waals surface area contributed by atoms with Crippen LogP contribution in [0.15, 0.2) is 35.7 Å². The maximum atomic E-state index is 12.4. The molecule has 1 atom stereocenters. The third-order valence-electron chi connectivity index (χ3n) is 5.12. The lowest BCUT2D eigenvalue weighted by molar-refractivity contribution is -0.185. The molecule has 15 heteroatoms. The predicted molar refractivity (Wildman–Crippen MR) is 125 cm³/mol. The normalized spacial score (nSPS) is 12.9. The molecule has 0 bridgehead atoms. The minimum Gasteiger partial charge on any atom is -0.504 e. The average Bonchev–Trinajstić information content (AvgIpc) is 3.27. The van der Waals surface area contributed by atoms with Gasteiger partial charge in [-0.3, -0.25) is 4.79 Å². The smallest absolute Gasteiger partial charge is 0.291 e. The van der Waals surface area contributed by atoms with Crippen LogP contribution in [0.5, 0.6) is 23.0 Å². The maximum Gasteiger partial charge on any atom is 0.291 e. The number of nitrogens with two attached hydrogens (primary N) is 1. The second-order valence-corrected chi connectivity index (χ2v) is 8.61. The molecule has 0 fully saturated rings. The van der Waals surface area contributed by atoms with E-state index in [0.717, 1.165) is 16.7 Å². The summed E-state index contributed by atoms with van der Waals surface area (Å²) in [4.78, 5) is 15.9. The number of carbonyl (C=O) groups is 1. The number of anilines is 2. The Morgan fingerprint density at radius 3 is 2.11 bits per heavy atom. The summed E-state index contributed by atoms with van der Waals surface area (Å²) in [6.45, 7) is -0.985. The highest BCUT2D eigenvalue weighted by molar-refractivity contribution is 7.13. The number of thiazole rings is 1. The van der Waals surface area contributed by atoms with Crippen LogP contribution in [0.4, 0.5) is 10.8 Å². The molecule has 0 aliphatic carbocycles.